The zero-order valence-corrected chi connectivity index (χ0v) is 62.3. The molecule has 0 aliphatic carbocycles. The van der Waals surface area contributed by atoms with Crippen LogP contribution in [0.1, 0.15) is 26.3 Å². The molecule has 546 valence electrons. The van der Waals surface area contributed by atoms with Crippen LogP contribution in [0.15, 0.2) is 209 Å². The van der Waals surface area contributed by atoms with E-state index >= 15 is 0 Å². The third-order valence-corrected chi connectivity index (χ3v) is 25.2. The van der Waals surface area contributed by atoms with E-state index in [-0.39, 0.29) is 94.8 Å². The molecule has 0 spiro atoms. The molecule has 0 saturated carbocycles. The van der Waals surface area contributed by atoms with Gasteiger partial charge in [0.25, 0.3) is 0 Å². The van der Waals surface area contributed by atoms with Crippen LogP contribution < -0.4 is 28.9 Å². The highest BCUT2D eigenvalue weighted by Gasteiger charge is 2.33. The number of hydrogen-bond acceptors (Lipinski definition) is 18. The van der Waals surface area contributed by atoms with Crippen LogP contribution in [0.5, 0.6) is 17.2 Å². The van der Waals surface area contributed by atoms with Crippen LogP contribution >= 0.6 is 46.9 Å². The lowest BCUT2D eigenvalue weighted by Gasteiger charge is -2.35. The lowest BCUT2D eigenvalue weighted by molar-refractivity contribution is 0.385. The van der Waals surface area contributed by atoms with Gasteiger partial charge in [-0.1, -0.05) is 137 Å². The number of phenols is 3. The minimum Gasteiger partial charge on any atom is -0.512 e. The number of aliphatic hydroxyl groups is 3. The molecule has 0 amide bonds. The normalized spacial score (nSPS) is 15.1. The summed E-state index contributed by atoms with van der Waals surface area (Å²) in [5, 5.41) is 64.2. The van der Waals surface area contributed by atoms with E-state index in [1.165, 1.54) is 60.2 Å². The number of thioether (sulfide) groups is 3. The third kappa shape index (κ3) is 19.3. The predicted octanol–water partition coefficient (Wildman–Crippen LogP) is 14.8. The Kier molecular flexibility index (Phi) is 24.8. The lowest BCUT2D eigenvalue weighted by Crippen LogP contribution is -2.50. The number of phenolic OH excluding ortho intramolecular Hbond substituents is 3. The van der Waals surface area contributed by atoms with E-state index in [1.54, 1.807) is 89.8 Å². The molecule has 3 aliphatic heterocycles. The highest BCUT2D eigenvalue weighted by Crippen LogP contribution is 2.44. The molecule has 12 rings (SSSR count). The van der Waals surface area contributed by atoms with Gasteiger partial charge in [0.15, 0.2) is 0 Å². The molecular weight excluding hydrogens is 1460 g/mol. The molecule has 9 aromatic carbocycles. The number of hydrogen-bond donors (Lipinski definition) is 9. The molecule has 3 saturated heterocycles. The molecule has 0 atom stereocenters. The van der Waals surface area contributed by atoms with Gasteiger partial charge in [-0.15, -0.1) is 35.3 Å². The standard InChI is InChI=1S/C27H33N3O4S2.C23H24ClN3O4S2.C23H23F2N3O4S2/c1-19(31)18-35-25-17-24(22-7-5-6-8-23(22)26(25)32)28-36(33,34)30-15-13-29(14-16-30)21-11-9-20(10-12-21)27(2,3)4;1-16(28)15-32-22-14-21(19-4-2-3-5-20(19)23(22)29)25-33(30,31)27-12-10-26(11-13-27)18-8-6-17(24)7-9-18;1-15(29)14-33-22-13-20(17-4-2-3-5-18(17)23(22)30)26-34(31,32)28-10-8-27(9-11-28)21-7-6-16(24)12-19(21)25/h5-12,17,28,31-32H,1,13-16,18H2,2-4H3;2-9,14,25,28-29H,1,10-13,15H2;2-7,12-13,26,29-30H,1,8-11,14H2. The molecule has 30 heteroatoms. The SMILES string of the molecule is C=C(O)CSc1cc(NS(=O)(=O)N2CCN(c3ccc(C(C)(C)C)cc3)CC2)c2ccccc2c1O.C=C(O)CSc1cc(NS(=O)(=O)N2CCN(c3ccc(Cl)cc3)CC2)c2ccccc2c1O.C=C(O)CSc1cc(NS(=O)(=O)N2CCN(c3ccc(F)cc3F)CC2)c2ccccc2c1O. The van der Waals surface area contributed by atoms with Gasteiger partial charge >= 0.3 is 30.6 Å². The summed E-state index contributed by atoms with van der Waals surface area (Å²) in [6.07, 6.45) is 0. The average Bonchev–Trinajstić information content (AvgIpc) is 0.783. The Morgan fingerprint density at radius 3 is 1.04 bits per heavy atom. The fourth-order valence-corrected chi connectivity index (χ4v) is 17.9. The Morgan fingerprint density at radius 2 is 0.738 bits per heavy atom. The van der Waals surface area contributed by atoms with Crippen molar-refractivity contribution in [3.05, 3.63) is 217 Å². The van der Waals surface area contributed by atoms with Crippen molar-refractivity contribution in [2.75, 3.05) is 125 Å². The summed E-state index contributed by atoms with van der Waals surface area (Å²) in [7, 11) is -11.6. The van der Waals surface area contributed by atoms with Gasteiger partial charge in [-0.25, -0.2) is 8.78 Å². The smallest absolute Gasteiger partial charge is 0.301 e. The molecule has 0 bridgehead atoms. The van der Waals surface area contributed by atoms with Crippen LogP contribution in [0.2, 0.25) is 5.02 Å². The molecule has 3 aliphatic rings. The minimum absolute atomic E-state index is 0.0141. The molecule has 3 heterocycles. The van der Waals surface area contributed by atoms with E-state index < -0.39 is 42.3 Å². The number of aliphatic hydroxyl groups excluding tert-OH is 3. The zero-order valence-electron chi connectivity index (χ0n) is 56.6. The summed E-state index contributed by atoms with van der Waals surface area (Å²) >= 11 is 9.46. The second-order valence-electron chi connectivity index (χ2n) is 25.4. The Morgan fingerprint density at radius 1 is 0.437 bits per heavy atom. The van der Waals surface area contributed by atoms with E-state index in [4.69, 9.17) is 11.6 Å². The van der Waals surface area contributed by atoms with Gasteiger partial charge in [0.05, 0.1) is 72.0 Å². The van der Waals surface area contributed by atoms with E-state index in [2.05, 4.69) is 88.7 Å². The fraction of sp³-hybridized carbons (Fsp3) is 0.260. The van der Waals surface area contributed by atoms with Crippen LogP contribution in [-0.2, 0) is 36.0 Å². The van der Waals surface area contributed by atoms with Crippen molar-refractivity contribution >= 4 is 144 Å². The molecule has 0 aromatic heterocycles. The van der Waals surface area contributed by atoms with Gasteiger partial charge in [-0.3, -0.25) is 14.2 Å². The average molecular weight is 1540 g/mol. The number of nitrogens with zero attached hydrogens (tertiary/aromatic N) is 6. The molecule has 0 unspecified atom stereocenters. The van der Waals surface area contributed by atoms with Gasteiger partial charge < -0.3 is 45.3 Å². The summed E-state index contributed by atoms with van der Waals surface area (Å²) in [6.45, 7) is 21.3. The first-order valence-electron chi connectivity index (χ1n) is 32.5. The van der Waals surface area contributed by atoms with E-state index in [1.807, 2.05) is 24.3 Å². The number of anilines is 6. The van der Waals surface area contributed by atoms with Gasteiger partial charge in [0, 0.05) is 133 Å². The van der Waals surface area contributed by atoms with Crippen LogP contribution in [0, 0.1) is 11.6 Å². The monoisotopic (exact) mass is 1540 g/mol. The van der Waals surface area contributed by atoms with E-state index in [0.29, 0.717) is 116 Å². The van der Waals surface area contributed by atoms with Crippen molar-refractivity contribution in [2.24, 2.45) is 0 Å². The van der Waals surface area contributed by atoms with Gasteiger partial charge in [0.2, 0.25) is 0 Å². The summed E-state index contributed by atoms with van der Waals surface area (Å²) in [5.41, 5.74) is 4.70. The number of halogens is 3. The highest BCUT2D eigenvalue weighted by atomic mass is 35.5. The first-order valence-corrected chi connectivity index (χ1v) is 40.1. The maximum Gasteiger partial charge on any atom is 0.301 e. The van der Waals surface area contributed by atoms with Crippen molar-refractivity contribution in [3.63, 3.8) is 0 Å². The minimum atomic E-state index is -3.97. The topological polar surface area (TPSA) is 279 Å². The predicted molar refractivity (Wildman–Crippen MR) is 416 cm³/mol. The van der Waals surface area contributed by atoms with Gasteiger partial charge in [-0.2, -0.15) is 38.2 Å². The quantitative estimate of drug-likeness (QED) is 0.0184. The van der Waals surface area contributed by atoms with Gasteiger partial charge in [-0.05, 0) is 77.7 Å². The molecule has 103 heavy (non-hydrogen) atoms. The molecule has 3 fully saturated rings. The Labute approximate surface area is 616 Å². The summed E-state index contributed by atoms with van der Waals surface area (Å²) in [5.74, 6) is -0.915. The van der Waals surface area contributed by atoms with Crippen molar-refractivity contribution in [2.45, 2.75) is 40.9 Å². The summed E-state index contributed by atoms with van der Waals surface area (Å²) in [4.78, 5) is 7.30. The zero-order chi connectivity index (χ0) is 74.1. The molecular formula is C73H80ClF2N9O12S6. The third-order valence-electron chi connectivity index (χ3n) is 17.1. The van der Waals surface area contributed by atoms with E-state index in [9.17, 15) is 64.7 Å². The first kappa shape index (κ1) is 77.1. The van der Waals surface area contributed by atoms with Crippen molar-refractivity contribution in [1.82, 2.24) is 12.9 Å². The molecule has 9 aromatic rings. The first-order chi connectivity index (χ1) is 48.8. The van der Waals surface area contributed by atoms with Crippen molar-refractivity contribution in [1.29, 1.82) is 0 Å². The number of piperazine rings is 3. The number of fused-ring (bicyclic) bond motifs is 3. The number of aromatic hydroxyl groups is 3. The Hall–Kier alpha value is -8.49. The maximum absolute atomic E-state index is 14.1. The van der Waals surface area contributed by atoms with Gasteiger partial charge in [0.1, 0.15) is 28.9 Å². The van der Waals surface area contributed by atoms with Crippen LogP contribution in [-0.4, -0.2) is 165 Å². The van der Waals surface area contributed by atoms with E-state index in [0.717, 1.165) is 29.2 Å². The second-order valence-corrected chi connectivity index (χ2v) is 33.9. The second kappa shape index (κ2) is 33.1. The van der Waals surface area contributed by atoms with Crippen molar-refractivity contribution in [3.8, 4) is 17.2 Å². The molecule has 9 N–H and O–H groups in total. The number of benzene rings is 9. The number of nitrogens with one attached hydrogen (secondary N) is 3. The fourth-order valence-electron chi connectivity index (χ4n) is 11.8. The van der Waals surface area contributed by atoms with Crippen LogP contribution in [0.3, 0.4) is 0 Å². The number of rotatable bonds is 21. The lowest BCUT2D eigenvalue weighted by atomic mass is 9.87. The Bertz CT molecular complexity index is 4960. The highest BCUT2D eigenvalue weighted by molar-refractivity contribution is 8.00. The summed E-state index contributed by atoms with van der Waals surface area (Å²) < 4.78 is 119. The molecule has 21 nitrogen and oxygen atoms in total. The van der Waals surface area contributed by atoms with Crippen molar-refractivity contribution < 1.29 is 64.7 Å². The largest absolute Gasteiger partial charge is 0.512 e. The van der Waals surface area contributed by atoms with Crippen LogP contribution in [0.4, 0.5) is 42.9 Å². The maximum atomic E-state index is 14.1. The van der Waals surface area contributed by atoms with Crippen LogP contribution in [0.25, 0.3) is 32.3 Å². The Balaban J connectivity index is 0.000000166. The molecule has 0 radical (unpaired) electrons. The summed E-state index contributed by atoms with van der Waals surface area (Å²) in [6, 6.07) is 45.0.